The van der Waals surface area contributed by atoms with E-state index in [4.69, 9.17) is 0 Å². The molecule has 3 heteroatoms. The summed E-state index contributed by atoms with van der Waals surface area (Å²) in [6.07, 6.45) is 1.38. The molecule has 0 saturated heterocycles. The normalized spacial score (nSPS) is 12.3. The first-order chi connectivity index (χ1) is 9.22. The number of benzene rings is 2. The number of fused-ring (bicyclic) bond motifs is 1. The predicted octanol–water partition coefficient (Wildman–Crippen LogP) is 3.67. The molecule has 1 N–H and O–H groups in total. The maximum atomic E-state index is 11.9. The van der Waals surface area contributed by atoms with E-state index in [-0.39, 0.29) is 11.9 Å². The topological polar surface area (TPSA) is 29.1 Å². The predicted molar refractivity (Wildman–Crippen MR) is 83.7 cm³/mol. The minimum Gasteiger partial charge on any atom is -0.352 e. The third-order valence-electron chi connectivity index (χ3n) is 3.22. The highest BCUT2D eigenvalue weighted by Gasteiger charge is 2.09. The molecular formula is C16H18BrNO. The van der Waals surface area contributed by atoms with Crippen LogP contribution < -0.4 is 5.32 Å². The van der Waals surface area contributed by atoms with Gasteiger partial charge in [0.2, 0.25) is 5.91 Å². The summed E-state index contributed by atoms with van der Waals surface area (Å²) < 4.78 is 0. The molecule has 0 bridgehead atoms. The van der Waals surface area contributed by atoms with Gasteiger partial charge in [-0.05, 0) is 22.8 Å². The van der Waals surface area contributed by atoms with Gasteiger partial charge in [-0.15, -0.1) is 0 Å². The Morgan fingerprint density at radius 1 is 1.21 bits per heavy atom. The zero-order chi connectivity index (χ0) is 13.7. The second-order valence-corrected chi connectivity index (χ2v) is 5.33. The van der Waals surface area contributed by atoms with Crippen LogP contribution in [0.2, 0.25) is 0 Å². The SMILES string of the molecule is CCC(CBr)NC(=O)Cc1ccc2ccccc2c1. The number of carbonyl (C=O) groups excluding carboxylic acids is 1. The lowest BCUT2D eigenvalue weighted by molar-refractivity contribution is -0.121. The monoisotopic (exact) mass is 319 g/mol. The van der Waals surface area contributed by atoms with Crippen LogP contribution >= 0.6 is 15.9 Å². The van der Waals surface area contributed by atoms with Crippen molar-refractivity contribution in [1.29, 1.82) is 0 Å². The molecule has 1 unspecified atom stereocenters. The van der Waals surface area contributed by atoms with Crippen LogP contribution in [0, 0.1) is 0 Å². The second-order valence-electron chi connectivity index (χ2n) is 4.69. The van der Waals surface area contributed by atoms with Crippen molar-refractivity contribution in [3.63, 3.8) is 0 Å². The molecule has 0 aliphatic carbocycles. The van der Waals surface area contributed by atoms with Gasteiger partial charge in [-0.2, -0.15) is 0 Å². The molecule has 0 aliphatic heterocycles. The molecule has 0 radical (unpaired) electrons. The zero-order valence-electron chi connectivity index (χ0n) is 11.0. The molecule has 2 rings (SSSR count). The molecule has 19 heavy (non-hydrogen) atoms. The molecule has 0 aliphatic rings. The quantitative estimate of drug-likeness (QED) is 0.837. The summed E-state index contributed by atoms with van der Waals surface area (Å²) in [5.41, 5.74) is 1.06. The van der Waals surface area contributed by atoms with Gasteiger partial charge in [0.25, 0.3) is 0 Å². The zero-order valence-corrected chi connectivity index (χ0v) is 12.6. The van der Waals surface area contributed by atoms with Gasteiger partial charge in [-0.3, -0.25) is 4.79 Å². The van der Waals surface area contributed by atoms with Crippen LogP contribution in [0.15, 0.2) is 42.5 Å². The fourth-order valence-electron chi connectivity index (χ4n) is 2.06. The summed E-state index contributed by atoms with van der Waals surface area (Å²) in [4.78, 5) is 11.9. The van der Waals surface area contributed by atoms with E-state index in [1.54, 1.807) is 0 Å². The van der Waals surface area contributed by atoms with Crippen molar-refractivity contribution < 1.29 is 4.79 Å². The summed E-state index contributed by atoms with van der Waals surface area (Å²) in [6.45, 7) is 2.07. The smallest absolute Gasteiger partial charge is 0.224 e. The summed E-state index contributed by atoms with van der Waals surface area (Å²) in [6, 6.07) is 14.6. The average Bonchev–Trinajstić information content (AvgIpc) is 2.44. The fourth-order valence-corrected chi connectivity index (χ4v) is 2.68. The van der Waals surface area contributed by atoms with Crippen LogP contribution in [-0.4, -0.2) is 17.3 Å². The maximum absolute atomic E-state index is 11.9. The van der Waals surface area contributed by atoms with Crippen LogP contribution in [0.25, 0.3) is 10.8 Å². The largest absolute Gasteiger partial charge is 0.352 e. The highest BCUT2D eigenvalue weighted by atomic mass is 79.9. The molecule has 2 nitrogen and oxygen atoms in total. The van der Waals surface area contributed by atoms with Crippen molar-refractivity contribution in [2.75, 3.05) is 5.33 Å². The van der Waals surface area contributed by atoms with Crippen LogP contribution in [0.5, 0.6) is 0 Å². The molecule has 2 aromatic carbocycles. The van der Waals surface area contributed by atoms with Gasteiger partial charge in [0, 0.05) is 11.4 Å². The van der Waals surface area contributed by atoms with Crippen molar-refractivity contribution in [3.8, 4) is 0 Å². The van der Waals surface area contributed by atoms with E-state index in [1.807, 2.05) is 18.2 Å². The molecule has 0 heterocycles. The van der Waals surface area contributed by atoms with E-state index in [0.29, 0.717) is 6.42 Å². The third kappa shape index (κ3) is 3.80. The number of nitrogens with one attached hydrogen (secondary N) is 1. The number of halogens is 1. The van der Waals surface area contributed by atoms with Crippen molar-refractivity contribution in [2.24, 2.45) is 0 Å². The van der Waals surface area contributed by atoms with Gasteiger partial charge in [-0.1, -0.05) is 65.3 Å². The highest BCUT2D eigenvalue weighted by Crippen LogP contribution is 2.16. The van der Waals surface area contributed by atoms with E-state index in [1.165, 1.54) is 10.8 Å². The number of hydrogen-bond acceptors (Lipinski definition) is 1. The van der Waals surface area contributed by atoms with Gasteiger partial charge in [0.15, 0.2) is 0 Å². The molecule has 100 valence electrons. The van der Waals surface area contributed by atoms with Crippen LogP contribution in [-0.2, 0) is 11.2 Å². The average molecular weight is 320 g/mol. The molecule has 1 amide bonds. The lowest BCUT2D eigenvalue weighted by Crippen LogP contribution is -2.36. The number of rotatable bonds is 5. The Hall–Kier alpha value is -1.35. The molecule has 0 aromatic heterocycles. The molecular weight excluding hydrogens is 302 g/mol. The summed E-state index contributed by atoms with van der Waals surface area (Å²) in [5, 5.41) is 6.21. The first-order valence-electron chi connectivity index (χ1n) is 6.56. The van der Waals surface area contributed by atoms with Crippen molar-refractivity contribution in [3.05, 3.63) is 48.0 Å². The summed E-state index contributed by atoms with van der Waals surface area (Å²) >= 11 is 3.41. The molecule has 0 fully saturated rings. The number of alkyl halides is 1. The lowest BCUT2D eigenvalue weighted by atomic mass is 10.0. The van der Waals surface area contributed by atoms with Gasteiger partial charge in [0.1, 0.15) is 0 Å². The Balaban J connectivity index is 2.06. The Bertz CT molecular complexity index is 563. The molecule has 0 spiro atoms. The number of hydrogen-bond donors (Lipinski definition) is 1. The van der Waals surface area contributed by atoms with Crippen LogP contribution in [0.3, 0.4) is 0 Å². The van der Waals surface area contributed by atoms with E-state index >= 15 is 0 Å². The molecule has 2 aromatic rings. The van der Waals surface area contributed by atoms with Crippen molar-refractivity contribution in [2.45, 2.75) is 25.8 Å². The lowest BCUT2D eigenvalue weighted by Gasteiger charge is -2.14. The second kappa shape index (κ2) is 6.71. The third-order valence-corrected chi connectivity index (χ3v) is 4.00. The van der Waals surface area contributed by atoms with Crippen LogP contribution in [0.4, 0.5) is 0 Å². The van der Waals surface area contributed by atoms with Crippen LogP contribution in [0.1, 0.15) is 18.9 Å². The minimum atomic E-state index is 0.0848. The highest BCUT2D eigenvalue weighted by molar-refractivity contribution is 9.09. The van der Waals surface area contributed by atoms with Gasteiger partial charge >= 0.3 is 0 Å². The Morgan fingerprint density at radius 2 is 1.95 bits per heavy atom. The Labute approximate surface area is 122 Å². The number of amides is 1. The minimum absolute atomic E-state index is 0.0848. The van der Waals surface area contributed by atoms with Crippen molar-refractivity contribution in [1.82, 2.24) is 5.32 Å². The fraction of sp³-hybridized carbons (Fsp3) is 0.312. The van der Waals surface area contributed by atoms with Gasteiger partial charge in [0.05, 0.1) is 6.42 Å². The Morgan fingerprint density at radius 3 is 2.63 bits per heavy atom. The Kier molecular flexibility index (Phi) is 4.97. The maximum Gasteiger partial charge on any atom is 0.224 e. The summed E-state index contributed by atoms with van der Waals surface area (Å²) in [5.74, 6) is 0.0848. The standard InChI is InChI=1S/C16H18BrNO/c1-2-15(11-17)18-16(19)10-12-7-8-13-5-3-4-6-14(13)9-12/h3-9,15H,2,10-11H2,1H3,(H,18,19). The van der Waals surface area contributed by atoms with E-state index in [2.05, 4.69) is 52.4 Å². The van der Waals surface area contributed by atoms with E-state index in [0.717, 1.165) is 17.3 Å². The molecule has 0 saturated carbocycles. The number of carbonyl (C=O) groups is 1. The van der Waals surface area contributed by atoms with Crippen molar-refractivity contribution >= 4 is 32.6 Å². The first-order valence-corrected chi connectivity index (χ1v) is 7.68. The van der Waals surface area contributed by atoms with Gasteiger partial charge < -0.3 is 5.32 Å². The van der Waals surface area contributed by atoms with Gasteiger partial charge in [-0.25, -0.2) is 0 Å². The summed E-state index contributed by atoms with van der Waals surface area (Å²) in [7, 11) is 0. The van der Waals surface area contributed by atoms with E-state index in [9.17, 15) is 4.79 Å². The first kappa shape index (κ1) is 14.1. The van der Waals surface area contributed by atoms with E-state index < -0.39 is 0 Å². The molecule has 1 atom stereocenters.